The van der Waals surface area contributed by atoms with Gasteiger partial charge in [0.1, 0.15) is 5.82 Å². The lowest BCUT2D eigenvalue weighted by Crippen LogP contribution is -2.16. The quantitative estimate of drug-likeness (QED) is 0.256. The molecule has 2 heterocycles. The number of aromatic nitrogens is 2. The minimum absolute atomic E-state index is 0.659. The summed E-state index contributed by atoms with van der Waals surface area (Å²) < 4.78 is 0. The zero-order chi connectivity index (χ0) is 25.2. The van der Waals surface area contributed by atoms with E-state index < -0.39 is 0 Å². The van der Waals surface area contributed by atoms with Gasteiger partial charge in [-0.25, -0.2) is 9.97 Å². The average Bonchev–Trinajstić information content (AvgIpc) is 3.31. The zero-order valence-electron chi connectivity index (χ0n) is 20.9. The fourth-order valence-electron chi connectivity index (χ4n) is 4.62. The number of allylic oxidation sites excluding steroid dienone is 5. The highest BCUT2D eigenvalue weighted by molar-refractivity contribution is 6.30. The maximum absolute atomic E-state index is 6.28. The first-order valence-corrected chi connectivity index (χ1v) is 12.5. The van der Waals surface area contributed by atoms with Crippen LogP contribution >= 0.6 is 11.6 Å². The average molecular weight is 493 g/mol. The lowest BCUT2D eigenvalue weighted by molar-refractivity contribution is 0.970. The number of hydrogen-bond donors (Lipinski definition) is 0. The highest BCUT2D eigenvalue weighted by Gasteiger charge is 2.24. The van der Waals surface area contributed by atoms with Gasteiger partial charge in [-0.05, 0) is 72.5 Å². The largest absolute Gasteiger partial charge is 0.378 e. The van der Waals surface area contributed by atoms with Gasteiger partial charge in [0.05, 0.1) is 5.52 Å². The second-order valence-corrected chi connectivity index (χ2v) is 9.51. The summed E-state index contributed by atoms with van der Waals surface area (Å²) in [6, 6.07) is 21.1. The van der Waals surface area contributed by atoms with Gasteiger partial charge in [-0.15, -0.1) is 0 Å². The van der Waals surface area contributed by atoms with E-state index in [0.717, 1.165) is 62.8 Å². The van der Waals surface area contributed by atoms with Gasteiger partial charge >= 0.3 is 0 Å². The molecule has 0 N–H and O–H groups in total. The van der Waals surface area contributed by atoms with Gasteiger partial charge < -0.3 is 9.80 Å². The van der Waals surface area contributed by atoms with Crippen LogP contribution in [0.5, 0.6) is 0 Å². The van der Waals surface area contributed by atoms with Crippen LogP contribution in [0.1, 0.15) is 18.3 Å². The van der Waals surface area contributed by atoms with Crippen molar-refractivity contribution in [3.63, 3.8) is 0 Å². The Kier molecular flexibility index (Phi) is 6.62. The molecule has 5 heteroatoms. The molecule has 5 rings (SSSR count). The first kappa shape index (κ1) is 23.8. The second-order valence-electron chi connectivity index (χ2n) is 9.07. The highest BCUT2D eigenvalue weighted by atomic mass is 35.5. The summed E-state index contributed by atoms with van der Waals surface area (Å²) in [5.74, 6) is 1.56. The smallest absolute Gasteiger partial charge is 0.162 e. The third-order valence-corrected chi connectivity index (χ3v) is 6.75. The fourth-order valence-corrected chi connectivity index (χ4v) is 4.81. The van der Waals surface area contributed by atoms with E-state index in [1.807, 2.05) is 37.3 Å². The molecular formula is C31H29ClN4. The van der Waals surface area contributed by atoms with Gasteiger partial charge in [0.2, 0.25) is 0 Å². The van der Waals surface area contributed by atoms with E-state index in [1.54, 1.807) is 0 Å². The van der Waals surface area contributed by atoms with Crippen LogP contribution in [-0.4, -0.2) is 30.6 Å². The van der Waals surface area contributed by atoms with Crippen LogP contribution in [0, 0.1) is 0 Å². The van der Waals surface area contributed by atoms with E-state index in [2.05, 4.69) is 85.1 Å². The number of hydrogen-bond acceptors (Lipinski definition) is 4. The molecule has 0 amide bonds. The van der Waals surface area contributed by atoms with Gasteiger partial charge in [0, 0.05) is 48.0 Å². The normalized spacial score (nSPS) is 13.4. The topological polar surface area (TPSA) is 32.3 Å². The number of nitrogens with zero attached hydrogens (tertiary/aromatic N) is 4. The predicted octanol–water partition coefficient (Wildman–Crippen LogP) is 7.86. The molecule has 1 aliphatic rings. The Morgan fingerprint density at radius 2 is 1.86 bits per heavy atom. The van der Waals surface area contributed by atoms with Gasteiger partial charge in [-0.2, -0.15) is 0 Å². The van der Waals surface area contributed by atoms with Gasteiger partial charge in [-0.1, -0.05) is 60.7 Å². The minimum Gasteiger partial charge on any atom is -0.378 e. The van der Waals surface area contributed by atoms with Crippen LogP contribution in [0.2, 0.25) is 5.02 Å². The summed E-state index contributed by atoms with van der Waals surface area (Å²) >= 11 is 6.28. The van der Waals surface area contributed by atoms with E-state index in [1.165, 1.54) is 5.56 Å². The number of benzene rings is 3. The minimum atomic E-state index is 0.659. The van der Waals surface area contributed by atoms with Crippen LogP contribution in [0.15, 0.2) is 91.5 Å². The molecular weight excluding hydrogens is 464 g/mol. The number of rotatable bonds is 6. The third kappa shape index (κ3) is 4.52. The molecule has 1 aliphatic heterocycles. The van der Waals surface area contributed by atoms with Crippen LogP contribution in [0.4, 0.5) is 17.2 Å². The van der Waals surface area contributed by atoms with Crippen molar-refractivity contribution in [2.75, 3.05) is 30.4 Å². The summed E-state index contributed by atoms with van der Waals surface area (Å²) in [6.07, 6.45) is 8.71. The molecule has 0 atom stereocenters. The number of fused-ring (bicyclic) bond motifs is 2. The van der Waals surface area contributed by atoms with Gasteiger partial charge in [0.15, 0.2) is 5.82 Å². The third-order valence-electron chi connectivity index (χ3n) is 6.51. The van der Waals surface area contributed by atoms with Gasteiger partial charge in [-0.3, -0.25) is 0 Å². The molecule has 0 saturated heterocycles. The molecule has 0 fully saturated rings. The molecule has 36 heavy (non-hydrogen) atoms. The Labute approximate surface area is 217 Å². The molecule has 4 aromatic rings. The van der Waals surface area contributed by atoms with Crippen molar-refractivity contribution in [1.82, 2.24) is 9.97 Å². The van der Waals surface area contributed by atoms with Crippen molar-refractivity contribution in [3.05, 3.63) is 108 Å². The Hall–Kier alpha value is -3.89. The molecule has 0 saturated carbocycles. The van der Waals surface area contributed by atoms with E-state index in [0.29, 0.717) is 5.82 Å². The maximum atomic E-state index is 6.28. The summed E-state index contributed by atoms with van der Waals surface area (Å²) in [5.41, 5.74) is 7.59. The Balaban J connectivity index is 1.71. The molecule has 0 spiro atoms. The van der Waals surface area contributed by atoms with Crippen LogP contribution in [0.3, 0.4) is 0 Å². The monoisotopic (exact) mass is 492 g/mol. The first-order chi connectivity index (χ1) is 17.5. The van der Waals surface area contributed by atoms with Gasteiger partial charge in [0.25, 0.3) is 0 Å². The maximum Gasteiger partial charge on any atom is 0.162 e. The van der Waals surface area contributed by atoms with E-state index in [9.17, 15) is 0 Å². The Morgan fingerprint density at radius 1 is 1.03 bits per heavy atom. The zero-order valence-corrected chi connectivity index (χ0v) is 21.6. The highest BCUT2D eigenvalue weighted by Crippen LogP contribution is 2.39. The first-order valence-electron chi connectivity index (χ1n) is 12.1. The Bertz CT molecular complexity index is 1520. The molecule has 180 valence electrons. The second kappa shape index (κ2) is 10.00. The SMILES string of the molecule is C=C/C(=C\C=C/C)c1nc(N2CCc3cc(Cl)ccc32)c2ccc(-c3cccc(N(C)C)c3)cc2n1. The van der Waals surface area contributed by atoms with Crippen molar-refractivity contribution < 1.29 is 0 Å². The summed E-state index contributed by atoms with van der Waals surface area (Å²) in [7, 11) is 4.11. The summed E-state index contributed by atoms with van der Waals surface area (Å²) in [5, 5.41) is 1.78. The lowest BCUT2D eigenvalue weighted by Gasteiger charge is -2.21. The molecule has 4 nitrogen and oxygen atoms in total. The lowest BCUT2D eigenvalue weighted by atomic mass is 10.0. The molecule has 0 radical (unpaired) electrons. The van der Waals surface area contributed by atoms with E-state index >= 15 is 0 Å². The molecule has 0 bridgehead atoms. The number of halogens is 1. The van der Waals surface area contributed by atoms with Crippen molar-refractivity contribution in [3.8, 4) is 11.1 Å². The van der Waals surface area contributed by atoms with Crippen LogP contribution < -0.4 is 9.80 Å². The van der Waals surface area contributed by atoms with Crippen molar-refractivity contribution >= 4 is 45.3 Å². The molecule has 0 aliphatic carbocycles. The summed E-state index contributed by atoms with van der Waals surface area (Å²) in [6.45, 7) is 6.85. The predicted molar refractivity (Wildman–Crippen MR) is 154 cm³/mol. The molecule has 3 aromatic carbocycles. The number of anilines is 3. The Morgan fingerprint density at radius 3 is 2.64 bits per heavy atom. The van der Waals surface area contributed by atoms with Crippen LogP contribution in [-0.2, 0) is 6.42 Å². The van der Waals surface area contributed by atoms with E-state index in [-0.39, 0.29) is 0 Å². The molecule has 1 aromatic heterocycles. The standard InChI is InChI=1S/C31H29ClN4/c1-5-7-9-21(6-2)30-33-28-20-23(22-10-8-11-26(19-22)35(3)4)12-14-27(28)31(34-30)36-17-16-24-18-25(32)13-15-29(24)36/h5-15,18-20H,2,16-17H2,1,3-4H3/b7-5-,21-9+. The van der Waals surface area contributed by atoms with Crippen molar-refractivity contribution in [2.45, 2.75) is 13.3 Å². The van der Waals surface area contributed by atoms with E-state index in [4.69, 9.17) is 21.6 Å². The fraction of sp³-hybridized carbons (Fsp3) is 0.161. The van der Waals surface area contributed by atoms with Crippen molar-refractivity contribution in [2.24, 2.45) is 0 Å². The van der Waals surface area contributed by atoms with Crippen LogP contribution in [0.25, 0.3) is 27.6 Å². The molecule has 0 unspecified atom stereocenters. The summed E-state index contributed by atoms with van der Waals surface area (Å²) in [4.78, 5) is 14.5. The van der Waals surface area contributed by atoms with Crippen molar-refractivity contribution in [1.29, 1.82) is 0 Å².